The van der Waals surface area contributed by atoms with Gasteiger partial charge in [0, 0.05) is 22.6 Å². The van der Waals surface area contributed by atoms with Gasteiger partial charge in [-0.05, 0) is 57.0 Å². The number of halogens is 2. The minimum Gasteiger partial charge on any atom is -0.484 e. The van der Waals surface area contributed by atoms with Crippen LogP contribution in [0.4, 0.5) is 0 Å². The van der Waals surface area contributed by atoms with E-state index < -0.39 is 6.04 Å². The molecule has 0 aliphatic heterocycles. The third-order valence-corrected chi connectivity index (χ3v) is 5.49. The Morgan fingerprint density at radius 2 is 1.77 bits per heavy atom. The molecular formula is C23H28Cl2N2O3. The lowest BCUT2D eigenvalue weighted by Crippen LogP contribution is -2.50. The van der Waals surface area contributed by atoms with Gasteiger partial charge in [-0.3, -0.25) is 9.59 Å². The number of amides is 2. The molecule has 2 aromatic rings. The van der Waals surface area contributed by atoms with Crippen molar-refractivity contribution < 1.29 is 14.3 Å². The van der Waals surface area contributed by atoms with E-state index in [4.69, 9.17) is 27.9 Å². The van der Waals surface area contributed by atoms with Crippen molar-refractivity contribution in [3.8, 4) is 5.75 Å². The number of nitrogens with zero attached hydrogens (tertiary/aromatic N) is 1. The number of benzene rings is 2. The molecule has 5 nitrogen and oxygen atoms in total. The van der Waals surface area contributed by atoms with Crippen LogP contribution in [0.15, 0.2) is 42.5 Å². The molecule has 0 unspecified atom stereocenters. The van der Waals surface area contributed by atoms with Gasteiger partial charge in [0.15, 0.2) is 6.61 Å². The van der Waals surface area contributed by atoms with Gasteiger partial charge in [-0.25, -0.2) is 0 Å². The summed E-state index contributed by atoms with van der Waals surface area (Å²) in [5.41, 5.74) is 1.80. The number of carbonyl (C=O) groups excluding carboxylic acids is 2. The summed E-state index contributed by atoms with van der Waals surface area (Å²) in [6, 6.07) is 11.8. The standard InChI is InChI=1S/C23H28Cl2N2O3/c1-5-16(3)26-23(29)17(4)27(13-18-8-9-19(24)12-21(18)25)22(28)14-30-20-10-6-15(2)7-11-20/h6-12,16-17H,5,13-14H2,1-4H3,(H,26,29)/t16-,17-/m1/s1. The molecule has 0 saturated heterocycles. The molecule has 2 aromatic carbocycles. The molecule has 2 rings (SSSR count). The van der Waals surface area contributed by atoms with Gasteiger partial charge in [-0.15, -0.1) is 0 Å². The number of hydrogen-bond donors (Lipinski definition) is 1. The van der Waals surface area contributed by atoms with E-state index in [1.165, 1.54) is 4.90 Å². The fraction of sp³-hybridized carbons (Fsp3) is 0.391. The van der Waals surface area contributed by atoms with Crippen LogP contribution in [-0.2, 0) is 16.1 Å². The van der Waals surface area contributed by atoms with Gasteiger partial charge < -0.3 is 15.0 Å². The second-order valence-corrected chi connectivity index (χ2v) is 8.20. The number of ether oxygens (including phenoxy) is 1. The van der Waals surface area contributed by atoms with E-state index in [2.05, 4.69) is 5.32 Å². The van der Waals surface area contributed by atoms with Crippen LogP contribution in [0.3, 0.4) is 0 Å². The van der Waals surface area contributed by atoms with E-state index in [0.29, 0.717) is 21.4 Å². The lowest BCUT2D eigenvalue weighted by Gasteiger charge is -2.30. The summed E-state index contributed by atoms with van der Waals surface area (Å²) in [6.45, 7) is 7.57. The average molecular weight is 451 g/mol. The molecule has 7 heteroatoms. The van der Waals surface area contributed by atoms with E-state index in [9.17, 15) is 9.59 Å². The van der Waals surface area contributed by atoms with Crippen molar-refractivity contribution >= 4 is 35.0 Å². The molecule has 0 bridgehead atoms. The van der Waals surface area contributed by atoms with E-state index in [-0.39, 0.29) is 31.0 Å². The Bertz CT molecular complexity index is 871. The molecule has 2 amide bonds. The van der Waals surface area contributed by atoms with E-state index in [1.54, 1.807) is 25.1 Å². The van der Waals surface area contributed by atoms with E-state index in [1.807, 2.05) is 45.0 Å². The predicted molar refractivity (Wildman–Crippen MR) is 121 cm³/mol. The van der Waals surface area contributed by atoms with Crippen LogP contribution >= 0.6 is 23.2 Å². The molecule has 0 spiro atoms. The number of hydrogen-bond acceptors (Lipinski definition) is 3. The number of rotatable bonds is 9. The van der Waals surface area contributed by atoms with Crippen LogP contribution in [-0.4, -0.2) is 35.4 Å². The highest BCUT2D eigenvalue weighted by atomic mass is 35.5. The predicted octanol–water partition coefficient (Wildman–Crippen LogP) is 5.01. The summed E-state index contributed by atoms with van der Waals surface area (Å²) >= 11 is 12.3. The molecule has 0 saturated carbocycles. The Hall–Kier alpha value is -2.24. The Kier molecular flexibility index (Phi) is 9.00. The maximum atomic E-state index is 13.0. The first kappa shape index (κ1) is 24.0. The van der Waals surface area contributed by atoms with Crippen molar-refractivity contribution in [2.24, 2.45) is 0 Å². The molecule has 0 aliphatic carbocycles. The van der Waals surface area contributed by atoms with Gasteiger partial charge in [0.1, 0.15) is 11.8 Å². The summed E-state index contributed by atoms with van der Waals surface area (Å²) < 4.78 is 5.65. The van der Waals surface area contributed by atoms with Crippen molar-refractivity contribution in [3.63, 3.8) is 0 Å². The third kappa shape index (κ3) is 6.92. The van der Waals surface area contributed by atoms with Gasteiger partial charge in [-0.2, -0.15) is 0 Å². The minimum absolute atomic E-state index is 0.0137. The van der Waals surface area contributed by atoms with Gasteiger partial charge in [0.2, 0.25) is 5.91 Å². The zero-order valence-electron chi connectivity index (χ0n) is 17.7. The van der Waals surface area contributed by atoms with Crippen molar-refractivity contribution in [3.05, 3.63) is 63.6 Å². The maximum Gasteiger partial charge on any atom is 0.261 e. The Morgan fingerprint density at radius 1 is 1.10 bits per heavy atom. The largest absolute Gasteiger partial charge is 0.484 e. The maximum absolute atomic E-state index is 13.0. The first-order valence-electron chi connectivity index (χ1n) is 9.94. The molecule has 1 N–H and O–H groups in total. The van der Waals surface area contributed by atoms with E-state index in [0.717, 1.165) is 12.0 Å². The summed E-state index contributed by atoms with van der Waals surface area (Å²) in [4.78, 5) is 27.2. The summed E-state index contributed by atoms with van der Waals surface area (Å²) in [7, 11) is 0. The SMILES string of the molecule is CC[C@@H](C)NC(=O)[C@@H](C)N(Cc1ccc(Cl)cc1Cl)C(=O)COc1ccc(C)cc1. The van der Waals surface area contributed by atoms with Crippen LogP contribution in [0.1, 0.15) is 38.3 Å². The first-order chi connectivity index (χ1) is 14.2. The number of aryl methyl sites for hydroxylation is 1. The zero-order chi connectivity index (χ0) is 22.3. The minimum atomic E-state index is -0.695. The molecule has 162 valence electrons. The van der Waals surface area contributed by atoms with Crippen LogP contribution in [0.25, 0.3) is 0 Å². The Balaban J connectivity index is 2.18. The van der Waals surface area contributed by atoms with Gasteiger partial charge in [0.25, 0.3) is 5.91 Å². The second-order valence-electron chi connectivity index (χ2n) is 7.35. The van der Waals surface area contributed by atoms with Crippen molar-refractivity contribution in [1.29, 1.82) is 0 Å². The fourth-order valence-electron chi connectivity index (χ4n) is 2.74. The van der Waals surface area contributed by atoms with Gasteiger partial charge >= 0.3 is 0 Å². The molecule has 0 aromatic heterocycles. The summed E-state index contributed by atoms with van der Waals surface area (Å²) in [6.07, 6.45) is 0.798. The smallest absolute Gasteiger partial charge is 0.261 e. The molecule has 0 fully saturated rings. The van der Waals surface area contributed by atoms with Crippen LogP contribution < -0.4 is 10.1 Å². The van der Waals surface area contributed by atoms with Gasteiger partial charge in [-0.1, -0.05) is 53.9 Å². The fourth-order valence-corrected chi connectivity index (χ4v) is 3.21. The topological polar surface area (TPSA) is 58.6 Å². The molecule has 2 atom stereocenters. The molecule has 0 heterocycles. The lowest BCUT2D eigenvalue weighted by atomic mass is 10.1. The van der Waals surface area contributed by atoms with Gasteiger partial charge in [0.05, 0.1) is 0 Å². The summed E-state index contributed by atoms with van der Waals surface area (Å²) in [5, 5.41) is 3.87. The summed E-state index contributed by atoms with van der Waals surface area (Å²) in [5.74, 6) is 0.0571. The lowest BCUT2D eigenvalue weighted by molar-refractivity contribution is -0.142. The highest BCUT2D eigenvalue weighted by Crippen LogP contribution is 2.23. The molecule has 30 heavy (non-hydrogen) atoms. The van der Waals surface area contributed by atoms with Crippen LogP contribution in [0.2, 0.25) is 10.0 Å². The van der Waals surface area contributed by atoms with Crippen LogP contribution in [0, 0.1) is 6.92 Å². The van der Waals surface area contributed by atoms with Crippen molar-refractivity contribution in [1.82, 2.24) is 10.2 Å². The first-order valence-corrected chi connectivity index (χ1v) is 10.7. The zero-order valence-corrected chi connectivity index (χ0v) is 19.3. The quantitative estimate of drug-likeness (QED) is 0.583. The molecular weight excluding hydrogens is 423 g/mol. The number of nitrogens with one attached hydrogen (secondary N) is 1. The Labute approximate surface area is 188 Å². The molecule has 0 radical (unpaired) electrons. The highest BCUT2D eigenvalue weighted by molar-refractivity contribution is 6.35. The highest BCUT2D eigenvalue weighted by Gasteiger charge is 2.27. The Morgan fingerprint density at radius 3 is 2.37 bits per heavy atom. The van der Waals surface area contributed by atoms with Crippen LogP contribution in [0.5, 0.6) is 5.75 Å². The monoisotopic (exact) mass is 450 g/mol. The second kappa shape index (κ2) is 11.2. The number of carbonyl (C=O) groups is 2. The van der Waals surface area contributed by atoms with Crippen molar-refractivity contribution in [2.45, 2.75) is 52.7 Å². The normalized spacial score (nSPS) is 12.7. The average Bonchev–Trinajstić information content (AvgIpc) is 2.72. The molecule has 0 aliphatic rings. The third-order valence-electron chi connectivity index (χ3n) is 4.91. The van der Waals surface area contributed by atoms with Crippen molar-refractivity contribution in [2.75, 3.05) is 6.61 Å². The van der Waals surface area contributed by atoms with E-state index >= 15 is 0 Å².